The van der Waals surface area contributed by atoms with Gasteiger partial charge in [0.1, 0.15) is 12.1 Å². The van der Waals surface area contributed by atoms with E-state index in [9.17, 15) is 4.79 Å². The zero-order chi connectivity index (χ0) is 22.0. The van der Waals surface area contributed by atoms with Crippen molar-refractivity contribution in [2.75, 3.05) is 25.1 Å². The number of carbonyl (C=O) groups excluding carboxylic acids is 1. The van der Waals surface area contributed by atoms with E-state index in [1.165, 1.54) is 13.4 Å². The summed E-state index contributed by atoms with van der Waals surface area (Å²) in [6, 6.07) is 0. The summed E-state index contributed by atoms with van der Waals surface area (Å²) < 4.78 is 6.63. The number of methoxy groups -OCH3 is 1. The van der Waals surface area contributed by atoms with Gasteiger partial charge in [-0.05, 0) is 24.8 Å². The van der Waals surface area contributed by atoms with Crippen LogP contribution in [-0.4, -0.2) is 51.5 Å². The maximum atomic E-state index is 12.2. The van der Waals surface area contributed by atoms with E-state index < -0.39 is 5.97 Å². The summed E-state index contributed by atoms with van der Waals surface area (Å²) in [6.45, 7) is 3.96. The summed E-state index contributed by atoms with van der Waals surface area (Å²) in [6.07, 6.45) is 7.64. The predicted octanol–water partition coefficient (Wildman–Crippen LogP) is 2.23. The molecule has 164 valence electrons. The quantitative estimate of drug-likeness (QED) is 0.549. The summed E-state index contributed by atoms with van der Waals surface area (Å²) in [7, 11) is 1.35. The van der Waals surface area contributed by atoms with E-state index in [-0.39, 0.29) is 6.42 Å². The van der Waals surface area contributed by atoms with E-state index in [0.717, 1.165) is 42.9 Å². The van der Waals surface area contributed by atoms with Gasteiger partial charge in [-0.25, -0.2) is 4.98 Å². The van der Waals surface area contributed by atoms with Crippen LogP contribution in [0, 0.1) is 5.92 Å². The number of anilines is 1. The Kier molecular flexibility index (Phi) is 6.19. The molecule has 0 aromatic carbocycles. The summed E-state index contributed by atoms with van der Waals surface area (Å²) in [4.78, 5) is 27.7. The van der Waals surface area contributed by atoms with Crippen LogP contribution in [0.5, 0.6) is 0 Å². The molecule has 0 amide bonds. The highest BCUT2D eigenvalue weighted by Gasteiger charge is 2.29. The second kappa shape index (κ2) is 9.03. The van der Waals surface area contributed by atoms with Crippen LogP contribution < -0.4 is 10.8 Å². The van der Waals surface area contributed by atoms with Crippen molar-refractivity contribution in [3.8, 4) is 0 Å². The highest BCUT2D eigenvalue weighted by Crippen LogP contribution is 2.39. The Morgan fingerprint density at radius 1 is 1.39 bits per heavy atom. The molecule has 1 fully saturated rings. The van der Waals surface area contributed by atoms with Crippen LogP contribution in [0.4, 0.5) is 5.82 Å². The molecule has 0 bridgehead atoms. The number of fused-ring (bicyclic) bond motifs is 1. The fourth-order valence-corrected chi connectivity index (χ4v) is 4.24. The normalized spacial score (nSPS) is 18.8. The average Bonchev–Trinajstić information content (AvgIpc) is 3.22. The molecule has 2 aromatic rings. The molecule has 0 unspecified atom stereocenters. The van der Waals surface area contributed by atoms with Gasteiger partial charge in [-0.3, -0.25) is 4.79 Å². The molecule has 0 atom stereocenters. The first-order chi connectivity index (χ1) is 15.0. The minimum absolute atomic E-state index is 0.0131. The molecule has 4 rings (SSSR count). The molecule has 0 radical (unpaired) electrons. The van der Waals surface area contributed by atoms with Crippen molar-refractivity contribution < 1.29 is 14.5 Å². The number of halogens is 1. The van der Waals surface area contributed by atoms with E-state index in [0.29, 0.717) is 34.6 Å². The molecule has 3 heterocycles. The van der Waals surface area contributed by atoms with Gasteiger partial charge in [0.2, 0.25) is 0 Å². The maximum Gasteiger partial charge on any atom is 0.311 e. The largest absolute Gasteiger partial charge is 0.469 e. The lowest BCUT2D eigenvalue weighted by molar-refractivity contribution is -0.139. The van der Waals surface area contributed by atoms with Crippen LogP contribution in [0.2, 0.25) is 0 Å². The van der Waals surface area contributed by atoms with Crippen LogP contribution in [0.3, 0.4) is 0 Å². The first kappa shape index (κ1) is 21.3. The van der Waals surface area contributed by atoms with Crippen molar-refractivity contribution in [3.05, 3.63) is 34.8 Å². The van der Waals surface area contributed by atoms with E-state index in [2.05, 4.69) is 37.0 Å². The highest BCUT2D eigenvalue weighted by atomic mass is 35.5. The standard InChI is InChI=1S/C20H24ClN7O3/c1-12-5-7-27(8-6-12)19-18(14-4-3-13(26-31-22)9-15(14)21)16(10-17(29)30-2)25-20-23-11-24-28(19)20/h4,9,11-12H,3,5-8,10,22H2,1-2H3. The third-order valence-electron chi connectivity index (χ3n) is 5.61. The number of hydrogen-bond donors (Lipinski definition) is 1. The summed E-state index contributed by atoms with van der Waals surface area (Å²) in [5.41, 5.74) is 2.62. The Morgan fingerprint density at radius 2 is 2.16 bits per heavy atom. The first-order valence-corrected chi connectivity index (χ1v) is 10.4. The SMILES string of the molecule is COC(=O)Cc1nc2ncnn2c(N2CCC(C)CC2)c1C1=CCC(=NON)C=C1Cl. The Bertz CT molecular complexity index is 1080. The van der Waals surface area contributed by atoms with Crippen molar-refractivity contribution in [2.45, 2.75) is 32.6 Å². The lowest BCUT2D eigenvalue weighted by atomic mass is 9.94. The van der Waals surface area contributed by atoms with Gasteiger partial charge < -0.3 is 14.6 Å². The molecule has 1 aliphatic carbocycles. The van der Waals surface area contributed by atoms with E-state index in [4.69, 9.17) is 22.2 Å². The van der Waals surface area contributed by atoms with Crippen LogP contribution >= 0.6 is 11.6 Å². The fourth-order valence-electron chi connectivity index (χ4n) is 3.94. The topological polar surface area (TPSA) is 120 Å². The van der Waals surface area contributed by atoms with Crippen LogP contribution in [0.1, 0.15) is 37.4 Å². The molecule has 0 saturated carbocycles. The van der Waals surface area contributed by atoms with E-state index in [1.54, 1.807) is 10.6 Å². The van der Waals surface area contributed by atoms with E-state index in [1.807, 2.05) is 6.08 Å². The van der Waals surface area contributed by atoms with Crippen LogP contribution in [0.25, 0.3) is 11.4 Å². The van der Waals surface area contributed by atoms with Gasteiger partial charge in [-0.1, -0.05) is 29.8 Å². The fraction of sp³-hybridized carbons (Fsp3) is 0.450. The number of nitrogens with zero attached hydrogens (tertiary/aromatic N) is 6. The van der Waals surface area contributed by atoms with Gasteiger partial charge >= 0.3 is 5.97 Å². The molecule has 1 saturated heterocycles. The summed E-state index contributed by atoms with van der Waals surface area (Å²) >= 11 is 6.66. The predicted molar refractivity (Wildman–Crippen MR) is 116 cm³/mol. The van der Waals surface area contributed by atoms with Gasteiger partial charge in [0, 0.05) is 30.6 Å². The molecule has 2 aliphatic rings. The number of nitrogens with two attached hydrogens (primary N) is 1. The van der Waals surface area contributed by atoms with Crippen LogP contribution in [0.15, 0.2) is 28.7 Å². The van der Waals surface area contributed by atoms with Gasteiger partial charge in [0.25, 0.3) is 5.78 Å². The van der Waals surface area contributed by atoms with Crippen molar-refractivity contribution in [2.24, 2.45) is 17.0 Å². The van der Waals surface area contributed by atoms with Gasteiger partial charge in [0.05, 0.1) is 30.0 Å². The lowest BCUT2D eigenvalue weighted by Crippen LogP contribution is -2.35. The van der Waals surface area contributed by atoms with Gasteiger partial charge in [-0.2, -0.15) is 14.6 Å². The number of hydrogen-bond acceptors (Lipinski definition) is 9. The number of ether oxygens (including phenoxy) is 1. The number of oxime groups is 1. The van der Waals surface area contributed by atoms with Gasteiger partial charge in [-0.15, -0.1) is 5.90 Å². The molecular formula is C20H24ClN7O3. The van der Waals surface area contributed by atoms with Crippen molar-refractivity contribution in [1.82, 2.24) is 19.6 Å². The monoisotopic (exact) mass is 445 g/mol. The number of carbonyl (C=O) groups is 1. The second-order valence-electron chi connectivity index (χ2n) is 7.65. The molecule has 2 N–H and O–H groups in total. The van der Waals surface area contributed by atoms with Crippen LogP contribution in [-0.2, 0) is 20.9 Å². The number of esters is 1. The van der Waals surface area contributed by atoms with E-state index >= 15 is 0 Å². The smallest absolute Gasteiger partial charge is 0.311 e. The Hall–Kier alpha value is -2.98. The Labute approximate surface area is 184 Å². The highest BCUT2D eigenvalue weighted by molar-refractivity contribution is 6.39. The number of allylic oxidation sites excluding steroid dienone is 4. The molecule has 0 spiro atoms. The minimum Gasteiger partial charge on any atom is -0.469 e. The molecule has 1 aliphatic heterocycles. The van der Waals surface area contributed by atoms with Crippen molar-refractivity contribution in [1.29, 1.82) is 0 Å². The summed E-state index contributed by atoms with van der Waals surface area (Å²) in [5.74, 6) is 6.56. The Balaban J connectivity index is 1.91. The number of rotatable bonds is 5. The molecule has 2 aromatic heterocycles. The minimum atomic E-state index is -0.397. The lowest BCUT2D eigenvalue weighted by Gasteiger charge is -2.34. The second-order valence-corrected chi connectivity index (χ2v) is 8.06. The summed E-state index contributed by atoms with van der Waals surface area (Å²) in [5, 5.41) is 8.63. The molecule has 11 heteroatoms. The van der Waals surface area contributed by atoms with Crippen molar-refractivity contribution in [3.63, 3.8) is 0 Å². The number of piperidine rings is 1. The maximum absolute atomic E-state index is 12.2. The molecule has 10 nitrogen and oxygen atoms in total. The zero-order valence-corrected chi connectivity index (χ0v) is 18.2. The van der Waals surface area contributed by atoms with Crippen molar-refractivity contribution >= 4 is 40.5 Å². The third kappa shape index (κ3) is 4.26. The number of aromatic nitrogens is 4. The third-order valence-corrected chi connectivity index (χ3v) is 5.92. The average molecular weight is 446 g/mol. The first-order valence-electron chi connectivity index (χ1n) is 10.1. The Morgan fingerprint density at radius 3 is 2.84 bits per heavy atom. The molecular weight excluding hydrogens is 422 g/mol. The zero-order valence-electron chi connectivity index (χ0n) is 17.4. The van der Waals surface area contributed by atoms with Gasteiger partial charge in [0.15, 0.2) is 0 Å². The molecule has 31 heavy (non-hydrogen) atoms.